The number of fused-ring (bicyclic) bond motifs is 1. The lowest BCUT2D eigenvalue weighted by atomic mass is 10.1. The molecule has 0 saturated carbocycles. The Morgan fingerprint density at radius 2 is 2.37 bits per heavy atom. The molecule has 19 heavy (non-hydrogen) atoms. The first kappa shape index (κ1) is 13.1. The van der Waals surface area contributed by atoms with Crippen LogP contribution in [-0.4, -0.2) is 32.4 Å². The third kappa shape index (κ3) is 2.09. The van der Waals surface area contributed by atoms with Crippen molar-refractivity contribution in [3.8, 4) is 0 Å². The van der Waals surface area contributed by atoms with Crippen LogP contribution in [0.5, 0.6) is 0 Å². The standard InChI is InChI=1S/C12H15IN4O2/c1-6-2-7(4-18)19-12(6)17-3-8(13)9-10(14)15-5-16-11(9)17/h3,5-7,12,18H,2,4H2,1H3,(H2,14,15,16)/t6-,7-,12+/m0/s1. The van der Waals surface area contributed by atoms with Gasteiger partial charge in [-0.05, 0) is 29.0 Å². The van der Waals surface area contributed by atoms with Crippen molar-refractivity contribution in [1.82, 2.24) is 14.5 Å². The largest absolute Gasteiger partial charge is 0.394 e. The summed E-state index contributed by atoms with van der Waals surface area (Å²) in [4.78, 5) is 8.34. The zero-order valence-corrected chi connectivity index (χ0v) is 12.6. The van der Waals surface area contributed by atoms with Crippen LogP contribution in [0, 0.1) is 9.49 Å². The zero-order valence-electron chi connectivity index (χ0n) is 10.5. The third-order valence-electron chi connectivity index (χ3n) is 3.52. The minimum Gasteiger partial charge on any atom is -0.394 e. The fourth-order valence-corrected chi connectivity index (χ4v) is 3.45. The normalized spacial score (nSPS) is 27.2. The molecule has 0 amide bonds. The Balaban J connectivity index is 2.09. The van der Waals surface area contributed by atoms with Gasteiger partial charge in [0.2, 0.25) is 0 Å². The first-order valence-corrected chi connectivity index (χ1v) is 7.22. The number of nitrogens with two attached hydrogens (primary N) is 1. The molecule has 1 saturated heterocycles. The summed E-state index contributed by atoms with van der Waals surface area (Å²) < 4.78 is 8.88. The minimum atomic E-state index is -0.113. The number of nitrogens with zero attached hydrogens (tertiary/aromatic N) is 3. The van der Waals surface area contributed by atoms with Gasteiger partial charge in [0.25, 0.3) is 0 Å². The fraction of sp³-hybridized carbons (Fsp3) is 0.500. The van der Waals surface area contributed by atoms with Crippen LogP contribution < -0.4 is 5.73 Å². The van der Waals surface area contributed by atoms with E-state index in [1.807, 2.05) is 10.8 Å². The highest BCUT2D eigenvalue weighted by Crippen LogP contribution is 2.37. The number of aliphatic hydroxyl groups is 1. The second kappa shape index (κ2) is 4.88. The van der Waals surface area contributed by atoms with Gasteiger partial charge in [-0.2, -0.15) is 0 Å². The van der Waals surface area contributed by atoms with Crippen LogP contribution in [-0.2, 0) is 4.74 Å². The number of rotatable bonds is 2. The number of nitrogen functional groups attached to an aromatic ring is 1. The highest BCUT2D eigenvalue weighted by atomic mass is 127. The van der Waals surface area contributed by atoms with Crippen molar-refractivity contribution >= 4 is 39.4 Å². The van der Waals surface area contributed by atoms with Crippen LogP contribution in [0.3, 0.4) is 0 Å². The van der Waals surface area contributed by atoms with E-state index in [2.05, 4.69) is 39.5 Å². The Kier molecular flexibility index (Phi) is 3.35. The highest BCUT2D eigenvalue weighted by molar-refractivity contribution is 14.1. The first-order valence-electron chi connectivity index (χ1n) is 6.14. The van der Waals surface area contributed by atoms with Gasteiger partial charge < -0.3 is 20.1 Å². The average Bonchev–Trinajstić information content (AvgIpc) is 2.91. The van der Waals surface area contributed by atoms with E-state index < -0.39 is 0 Å². The zero-order chi connectivity index (χ0) is 13.6. The van der Waals surface area contributed by atoms with E-state index in [4.69, 9.17) is 10.5 Å². The van der Waals surface area contributed by atoms with E-state index in [1.165, 1.54) is 6.33 Å². The van der Waals surface area contributed by atoms with E-state index in [0.717, 1.165) is 21.0 Å². The van der Waals surface area contributed by atoms with Crippen LogP contribution in [0.15, 0.2) is 12.5 Å². The molecule has 1 aliphatic rings. The van der Waals surface area contributed by atoms with Gasteiger partial charge in [0.15, 0.2) is 0 Å². The van der Waals surface area contributed by atoms with Crippen molar-refractivity contribution in [3.05, 3.63) is 16.1 Å². The van der Waals surface area contributed by atoms with Crippen LogP contribution >= 0.6 is 22.6 Å². The quantitative estimate of drug-likeness (QED) is 0.779. The number of halogens is 1. The lowest BCUT2D eigenvalue weighted by molar-refractivity contribution is -0.0292. The molecular formula is C12H15IN4O2. The molecule has 102 valence electrons. The maximum Gasteiger partial charge on any atom is 0.148 e. The molecule has 7 heteroatoms. The summed E-state index contributed by atoms with van der Waals surface area (Å²) in [6, 6.07) is 0. The topological polar surface area (TPSA) is 86.2 Å². The van der Waals surface area contributed by atoms with Crippen molar-refractivity contribution in [2.45, 2.75) is 25.7 Å². The predicted molar refractivity (Wildman–Crippen MR) is 79.4 cm³/mol. The Morgan fingerprint density at radius 1 is 1.58 bits per heavy atom. The van der Waals surface area contributed by atoms with Gasteiger partial charge in [-0.25, -0.2) is 9.97 Å². The third-order valence-corrected chi connectivity index (χ3v) is 4.34. The number of ether oxygens (including phenoxy) is 1. The lowest BCUT2D eigenvalue weighted by Crippen LogP contribution is -2.15. The lowest BCUT2D eigenvalue weighted by Gasteiger charge is -2.18. The number of aliphatic hydroxyl groups excluding tert-OH is 1. The number of aromatic nitrogens is 3. The SMILES string of the molecule is C[C@H]1C[C@@H](CO)O[C@H]1n1cc(I)c2c(N)ncnc21. The Hall–Kier alpha value is -0.930. The van der Waals surface area contributed by atoms with Gasteiger partial charge in [-0.1, -0.05) is 6.92 Å². The van der Waals surface area contributed by atoms with E-state index >= 15 is 0 Å². The van der Waals surface area contributed by atoms with Crippen LogP contribution in [0.4, 0.5) is 5.82 Å². The Morgan fingerprint density at radius 3 is 3.05 bits per heavy atom. The number of anilines is 1. The first-order chi connectivity index (χ1) is 9.11. The van der Waals surface area contributed by atoms with E-state index in [-0.39, 0.29) is 18.9 Å². The molecule has 6 nitrogen and oxygen atoms in total. The maximum absolute atomic E-state index is 9.23. The van der Waals surface area contributed by atoms with E-state index in [1.54, 1.807) is 0 Å². The van der Waals surface area contributed by atoms with Gasteiger partial charge in [0.05, 0.1) is 18.1 Å². The van der Waals surface area contributed by atoms with Crippen molar-refractivity contribution in [1.29, 1.82) is 0 Å². The summed E-state index contributed by atoms with van der Waals surface area (Å²) in [5.41, 5.74) is 6.69. The monoisotopic (exact) mass is 374 g/mol. The Bertz CT molecular complexity index is 615. The molecule has 0 aromatic carbocycles. The summed E-state index contributed by atoms with van der Waals surface area (Å²) in [5, 5.41) is 10.1. The highest BCUT2D eigenvalue weighted by Gasteiger charge is 2.34. The molecule has 3 atom stereocenters. The van der Waals surface area contributed by atoms with Crippen molar-refractivity contribution < 1.29 is 9.84 Å². The average molecular weight is 374 g/mol. The number of hydrogen-bond donors (Lipinski definition) is 2. The molecule has 0 radical (unpaired) electrons. The maximum atomic E-state index is 9.23. The summed E-state index contributed by atoms with van der Waals surface area (Å²) in [5.74, 6) is 0.803. The summed E-state index contributed by atoms with van der Waals surface area (Å²) in [6.07, 6.45) is 4.08. The summed E-state index contributed by atoms with van der Waals surface area (Å²) in [6.45, 7) is 2.16. The van der Waals surface area contributed by atoms with Gasteiger partial charge in [0, 0.05) is 15.7 Å². The predicted octanol–water partition coefficient (Wildman–Crippen LogP) is 1.53. The van der Waals surface area contributed by atoms with Crippen molar-refractivity contribution in [2.75, 3.05) is 12.3 Å². The fourth-order valence-electron chi connectivity index (χ4n) is 2.63. The van der Waals surface area contributed by atoms with Crippen molar-refractivity contribution in [3.63, 3.8) is 0 Å². The molecule has 3 N–H and O–H groups in total. The van der Waals surface area contributed by atoms with Crippen LogP contribution in [0.2, 0.25) is 0 Å². The molecule has 0 spiro atoms. The molecule has 1 fully saturated rings. The molecule has 2 aromatic rings. The molecule has 1 aliphatic heterocycles. The molecule has 2 aromatic heterocycles. The second-order valence-electron chi connectivity index (χ2n) is 4.89. The van der Waals surface area contributed by atoms with Gasteiger partial charge in [-0.15, -0.1) is 0 Å². The summed E-state index contributed by atoms with van der Waals surface area (Å²) in [7, 11) is 0. The number of hydrogen-bond acceptors (Lipinski definition) is 5. The van der Waals surface area contributed by atoms with Gasteiger partial charge >= 0.3 is 0 Å². The molecular weight excluding hydrogens is 359 g/mol. The second-order valence-corrected chi connectivity index (χ2v) is 6.05. The van der Waals surface area contributed by atoms with Gasteiger partial charge in [-0.3, -0.25) is 0 Å². The van der Waals surface area contributed by atoms with Crippen LogP contribution in [0.1, 0.15) is 19.6 Å². The van der Waals surface area contributed by atoms with E-state index in [0.29, 0.717) is 11.7 Å². The molecule has 3 rings (SSSR count). The molecule has 0 unspecified atom stereocenters. The van der Waals surface area contributed by atoms with Crippen molar-refractivity contribution in [2.24, 2.45) is 5.92 Å². The summed E-state index contributed by atoms with van der Waals surface area (Å²) >= 11 is 2.23. The molecule has 0 bridgehead atoms. The van der Waals surface area contributed by atoms with Gasteiger partial charge in [0.1, 0.15) is 24.0 Å². The Labute approximate surface area is 124 Å². The minimum absolute atomic E-state index is 0.0499. The van der Waals surface area contributed by atoms with E-state index in [9.17, 15) is 5.11 Å². The van der Waals surface area contributed by atoms with Crippen LogP contribution in [0.25, 0.3) is 11.0 Å². The molecule has 3 heterocycles. The smallest absolute Gasteiger partial charge is 0.148 e. The molecule has 0 aliphatic carbocycles.